The van der Waals surface area contributed by atoms with E-state index < -0.39 is 59.5 Å². The molecule has 0 aliphatic heterocycles. The predicted octanol–water partition coefficient (Wildman–Crippen LogP) is 7.10. The molecule has 2 nitrogen and oxygen atoms in total. The molecule has 0 spiro atoms. The van der Waals surface area contributed by atoms with Crippen molar-refractivity contribution in [3.05, 3.63) is 28.7 Å². The lowest BCUT2D eigenvalue weighted by Crippen LogP contribution is -2.74. The zero-order valence-corrected chi connectivity index (χ0v) is 16.8. The van der Waals surface area contributed by atoms with Crippen molar-refractivity contribution in [3.63, 3.8) is 0 Å². The summed E-state index contributed by atoms with van der Waals surface area (Å²) in [7, 11) is 0. The second kappa shape index (κ2) is 8.61. The van der Waals surface area contributed by atoms with E-state index >= 15 is 0 Å². The molecule has 0 aliphatic carbocycles. The average Bonchev–Trinajstić information content (AvgIpc) is 2.68. The van der Waals surface area contributed by atoms with Gasteiger partial charge in [-0.2, -0.15) is 61.5 Å². The topological polar surface area (TPSA) is 29.1 Å². The third-order valence-corrected chi connectivity index (χ3v) is 4.76. The molecule has 0 saturated heterocycles. The van der Waals surface area contributed by atoms with Crippen molar-refractivity contribution >= 4 is 27.5 Å². The Morgan fingerprint density at radius 3 is 1.47 bits per heavy atom. The Hall–Kier alpha value is -1.95. The van der Waals surface area contributed by atoms with Gasteiger partial charge in [-0.05, 0) is 28.1 Å². The van der Waals surface area contributed by atoms with Crippen LogP contribution in [-0.2, 0) is 4.79 Å². The van der Waals surface area contributed by atoms with Gasteiger partial charge in [-0.25, -0.2) is 8.78 Å². The van der Waals surface area contributed by atoms with Crippen LogP contribution in [0.1, 0.15) is 0 Å². The van der Waals surface area contributed by atoms with E-state index in [-0.39, 0.29) is 4.47 Å². The Labute approximate surface area is 185 Å². The van der Waals surface area contributed by atoms with Crippen LogP contribution in [0.25, 0.3) is 0 Å². The van der Waals surface area contributed by atoms with Gasteiger partial charge in [0.15, 0.2) is 0 Å². The number of amides is 1. The molecule has 1 aromatic carbocycles. The lowest BCUT2D eigenvalue weighted by Gasteiger charge is -2.42. The molecule has 0 aliphatic rings. The Morgan fingerprint density at radius 2 is 1.06 bits per heavy atom. The van der Waals surface area contributed by atoms with Crippen LogP contribution < -0.4 is 5.32 Å². The first kappa shape index (κ1) is 30.1. The monoisotopic (exact) mass is 599 g/mol. The summed E-state index contributed by atoms with van der Waals surface area (Å²) in [5.41, 5.74) is -0.883. The molecular weight excluding hydrogens is 594 g/mol. The number of rotatable bonds is 9. The number of para-hydroxylation sites is 1. The Kier molecular flexibility index (Phi) is 7.62. The van der Waals surface area contributed by atoms with Crippen LogP contribution in [0.2, 0.25) is 0 Å². The molecule has 1 amide bonds. The minimum atomic E-state index is -8.55. The van der Waals surface area contributed by atoms with E-state index in [2.05, 4.69) is 15.9 Å². The zero-order valence-electron chi connectivity index (χ0n) is 15.2. The molecule has 0 atom stereocenters. The van der Waals surface area contributed by atoms with Crippen molar-refractivity contribution < 1.29 is 75.0 Å². The molecule has 0 aromatic heterocycles. The van der Waals surface area contributed by atoms with E-state index in [9.17, 15) is 75.0 Å². The van der Waals surface area contributed by atoms with Crippen LogP contribution >= 0.6 is 15.9 Å². The van der Waals surface area contributed by atoms with Gasteiger partial charge < -0.3 is 5.32 Å². The van der Waals surface area contributed by atoms with Crippen LogP contribution in [0.4, 0.5) is 75.9 Å². The quantitative estimate of drug-likeness (QED) is 0.302. The molecule has 196 valence electrons. The molecule has 1 N–H and O–H groups in total. The fraction of sp³-hybridized carbons (Fsp3) is 0.533. The van der Waals surface area contributed by atoms with Crippen molar-refractivity contribution in [3.8, 4) is 0 Å². The highest BCUT2D eigenvalue weighted by molar-refractivity contribution is 9.10. The summed E-state index contributed by atoms with van der Waals surface area (Å²) in [6.07, 6.45) is -5.92. The number of anilines is 1. The highest BCUT2D eigenvalue weighted by atomic mass is 79.9. The molecule has 0 heterocycles. The number of alkyl halides is 16. The van der Waals surface area contributed by atoms with Crippen LogP contribution in [0.3, 0.4) is 0 Å². The molecule has 0 unspecified atom stereocenters. The van der Waals surface area contributed by atoms with E-state index in [1.165, 1.54) is 0 Å². The number of benzene rings is 1. The van der Waals surface area contributed by atoms with Gasteiger partial charge in [0.05, 0.1) is 5.69 Å². The summed E-state index contributed by atoms with van der Waals surface area (Å²) in [6.45, 7) is 0. The van der Waals surface area contributed by atoms with Gasteiger partial charge in [0.1, 0.15) is 0 Å². The van der Waals surface area contributed by atoms with Gasteiger partial charge in [-0.15, -0.1) is 0 Å². The van der Waals surface area contributed by atoms with Crippen molar-refractivity contribution in [1.29, 1.82) is 0 Å². The van der Waals surface area contributed by atoms with Crippen LogP contribution in [0, 0.1) is 0 Å². The first-order chi connectivity index (χ1) is 14.9. The van der Waals surface area contributed by atoms with E-state index in [1.807, 2.05) is 0 Å². The fourth-order valence-electron chi connectivity index (χ4n) is 2.04. The van der Waals surface area contributed by atoms with Crippen molar-refractivity contribution in [2.45, 2.75) is 47.9 Å². The van der Waals surface area contributed by atoms with E-state index in [1.54, 1.807) is 0 Å². The number of carbonyl (C=O) groups excluding carboxylic acids is 1. The molecule has 0 radical (unpaired) electrons. The molecular formula is C15H6BrF16NO. The summed E-state index contributed by atoms with van der Waals surface area (Å²) >= 11 is 2.56. The van der Waals surface area contributed by atoms with Crippen molar-refractivity contribution in [2.75, 3.05) is 5.32 Å². The standard InChI is InChI=1S/C15H6BrF16NO/c16-5-3-1-2-4-6(5)33-8(34)10(21,22)12(25,26)14(29,30)15(31,32)13(27,28)11(23,24)9(19,20)7(17)18/h1-4,7H,(H,33,34). The number of nitrogens with one attached hydrogen (secondary N) is 1. The first-order valence-electron chi connectivity index (χ1n) is 7.84. The van der Waals surface area contributed by atoms with Crippen molar-refractivity contribution in [2.24, 2.45) is 0 Å². The molecule has 34 heavy (non-hydrogen) atoms. The minimum absolute atomic E-state index is 0.389. The Balaban J connectivity index is 3.56. The van der Waals surface area contributed by atoms with Crippen LogP contribution in [0.5, 0.6) is 0 Å². The maximum absolute atomic E-state index is 13.8. The smallest absolute Gasteiger partial charge is 0.320 e. The highest BCUT2D eigenvalue weighted by Crippen LogP contribution is 2.62. The van der Waals surface area contributed by atoms with Gasteiger partial charge in [0.2, 0.25) is 0 Å². The molecule has 1 aromatic rings. The summed E-state index contributed by atoms with van der Waals surface area (Å²) in [4.78, 5) is 11.4. The van der Waals surface area contributed by atoms with E-state index in [0.29, 0.717) is 6.07 Å². The molecule has 19 heteroatoms. The zero-order chi connectivity index (χ0) is 27.3. The molecule has 0 fully saturated rings. The lowest BCUT2D eigenvalue weighted by molar-refractivity contribution is -0.443. The van der Waals surface area contributed by atoms with Gasteiger partial charge >= 0.3 is 53.8 Å². The van der Waals surface area contributed by atoms with Crippen LogP contribution in [0.15, 0.2) is 28.7 Å². The van der Waals surface area contributed by atoms with Gasteiger partial charge in [0, 0.05) is 4.47 Å². The summed E-state index contributed by atoms with van der Waals surface area (Å²) < 4.78 is 211. The summed E-state index contributed by atoms with van der Waals surface area (Å²) in [5.74, 6) is -59.8. The van der Waals surface area contributed by atoms with Gasteiger partial charge in [0.25, 0.3) is 0 Å². The predicted molar refractivity (Wildman–Crippen MR) is 83.4 cm³/mol. The maximum atomic E-state index is 13.8. The maximum Gasteiger partial charge on any atom is 0.393 e. The molecule has 0 saturated carbocycles. The normalized spacial score (nSPS) is 15.0. The SMILES string of the molecule is O=C(Nc1ccccc1Br)C(F)(F)C(F)(F)C(F)(F)C(F)(F)C(F)(F)C(F)(F)C(F)(F)C(F)F. The molecule has 0 bridgehead atoms. The van der Waals surface area contributed by atoms with Crippen LogP contribution in [-0.4, -0.2) is 53.8 Å². The minimum Gasteiger partial charge on any atom is -0.320 e. The third-order valence-electron chi connectivity index (χ3n) is 4.07. The second-order valence-electron chi connectivity index (χ2n) is 6.30. The number of hydrogen-bond acceptors (Lipinski definition) is 1. The lowest BCUT2D eigenvalue weighted by atomic mass is 9.89. The number of carbonyl (C=O) groups is 1. The first-order valence-corrected chi connectivity index (χ1v) is 8.63. The largest absolute Gasteiger partial charge is 0.393 e. The fourth-order valence-corrected chi connectivity index (χ4v) is 2.42. The summed E-state index contributed by atoms with van der Waals surface area (Å²) in [5, 5.41) is 0.839. The second-order valence-corrected chi connectivity index (χ2v) is 7.16. The van der Waals surface area contributed by atoms with E-state index in [4.69, 9.17) is 0 Å². The Bertz CT molecular complexity index is 915. The van der Waals surface area contributed by atoms with Gasteiger partial charge in [-0.3, -0.25) is 4.79 Å². The van der Waals surface area contributed by atoms with E-state index in [0.717, 1.165) is 23.5 Å². The third kappa shape index (κ3) is 4.06. The number of hydrogen-bond donors (Lipinski definition) is 1. The Morgan fingerprint density at radius 1 is 0.676 bits per heavy atom. The highest BCUT2D eigenvalue weighted by Gasteiger charge is 2.94. The number of halogens is 17. The van der Waals surface area contributed by atoms with Crippen molar-refractivity contribution in [1.82, 2.24) is 0 Å². The van der Waals surface area contributed by atoms with Gasteiger partial charge in [-0.1, -0.05) is 12.1 Å². The summed E-state index contributed by atoms with van der Waals surface area (Å²) in [6, 6.07) is 3.68. The molecule has 1 rings (SSSR count). The average molecular weight is 600 g/mol.